The molecule has 0 aliphatic rings. The molecule has 0 radical (unpaired) electrons. The minimum atomic E-state index is -3.67. The summed E-state index contributed by atoms with van der Waals surface area (Å²) in [7, 11) is -2.31. The number of carbonyl (C=O) groups excluding carboxylic acids is 1. The molecule has 3 N–H and O–H groups in total. The highest BCUT2D eigenvalue weighted by molar-refractivity contribution is 7.85. The predicted molar refractivity (Wildman–Crippen MR) is 67.5 cm³/mol. The van der Waals surface area contributed by atoms with Gasteiger partial charge in [0, 0.05) is 6.04 Å². The van der Waals surface area contributed by atoms with Crippen molar-refractivity contribution in [3.8, 4) is 0 Å². The minimum Gasteiger partial charge on any atom is -0.469 e. The molecule has 0 aromatic heterocycles. The van der Waals surface area contributed by atoms with Crippen LogP contribution in [0.2, 0.25) is 0 Å². The van der Waals surface area contributed by atoms with Crippen molar-refractivity contribution < 1.29 is 22.5 Å². The molecule has 0 aliphatic carbocycles. The summed E-state index contributed by atoms with van der Waals surface area (Å²) in [4.78, 5) is 10.9. The molecule has 102 valence electrons. The lowest BCUT2D eigenvalue weighted by Gasteiger charge is -2.09. The zero-order chi connectivity index (χ0) is 14.2. The molecule has 1 atom stereocenters. The van der Waals surface area contributed by atoms with E-state index in [-0.39, 0.29) is 18.4 Å². The van der Waals surface area contributed by atoms with Crippen LogP contribution < -0.4 is 5.73 Å². The maximum Gasteiger partial charge on any atom is 0.307 e. The molecule has 6 nitrogen and oxygen atoms in total. The zero-order valence-electron chi connectivity index (χ0n) is 10.2. The number of benzene rings is 1. The monoisotopic (exact) mass is 275 g/mol. The van der Waals surface area contributed by atoms with E-state index in [1.165, 1.54) is 7.11 Å². The lowest BCUT2D eigenvalue weighted by atomic mass is 10.1. The second kappa shape index (κ2) is 7.80. The van der Waals surface area contributed by atoms with Crippen LogP contribution in [0.5, 0.6) is 0 Å². The van der Waals surface area contributed by atoms with Gasteiger partial charge in [-0.05, 0) is 5.56 Å². The van der Waals surface area contributed by atoms with Gasteiger partial charge in [-0.3, -0.25) is 9.35 Å². The first-order valence-electron chi connectivity index (χ1n) is 5.04. The van der Waals surface area contributed by atoms with Crippen LogP contribution >= 0.6 is 0 Å². The summed E-state index contributed by atoms with van der Waals surface area (Å²) >= 11 is 0. The quantitative estimate of drug-likeness (QED) is 0.623. The maximum absolute atomic E-state index is 10.9. The fraction of sp³-hybridized carbons (Fsp3) is 0.364. The van der Waals surface area contributed by atoms with Gasteiger partial charge in [0.15, 0.2) is 0 Å². The zero-order valence-corrected chi connectivity index (χ0v) is 11.1. The average Bonchev–Trinajstić information content (AvgIpc) is 2.27. The highest BCUT2D eigenvalue weighted by Gasteiger charge is 2.10. The summed E-state index contributed by atoms with van der Waals surface area (Å²) in [5, 5.41) is 0. The van der Waals surface area contributed by atoms with E-state index < -0.39 is 10.1 Å². The van der Waals surface area contributed by atoms with E-state index in [1.54, 1.807) is 0 Å². The van der Waals surface area contributed by atoms with Gasteiger partial charge in [-0.2, -0.15) is 8.42 Å². The minimum absolute atomic E-state index is 0.223. The summed E-state index contributed by atoms with van der Waals surface area (Å²) in [6, 6.07) is 9.22. The van der Waals surface area contributed by atoms with Crippen molar-refractivity contribution in [2.45, 2.75) is 12.5 Å². The standard InChI is InChI=1S/C10H13NO2.CH4O3S/c1-13-10(12)7-9(11)8-5-3-2-4-6-8;1-5(2,3)4/h2-6,9H,7,11H2,1H3;1H3,(H,2,3,4). The SMILES string of the molecule is COC(=O)CC(N)c1ccccc1.CS(=O)(=O)O. The van der Waals surface area contributed by atoms with Crippen LogP contribution in [0.25, 0.3) is 0 Å². The molecule has 18 heavy (non-hydrogen) atoms. The number of hydrogen-bond donors (Lipinski definition) is 2. The Balaban J connectivity index is 0.000000494. The highest BCUT2D eigenvalue weighted by Crippen LogP contribution is 2.13. The summed E-state index contributed by atoms with van der Waals surface area (Å²) in [5.74, 6) is -0.281. The Hall–Kier alpha value is -1.44. The smallest absolute Gasteiger partial charge is 0.307 e. The number of rotatable bonds is 3. The van der Waals surface area contributed by atoms with Gasteiger partial charge in [0.25, 0.3) is 10.1 Å². The molecule has 0 fully saturated rings. The van der Waals surface area contributed by atoms with E-state index in [0.29, 0.717) is 6.26 Å². The van der Waals surface area contributed by atoms with Crippen LogP contribution in [-0.2, 0) is 19.6 Å². The third-order valence-corrected chi connectivity index (χ3v) is 1.84. The first-order valence-corrected chi connectivity index (χ1v) is 6.88. The average molecular weight is 275 g/mol. The van der Waals surface area contributed by atoms with Crippen molar-refractivity contribution >= 4 is 16.1 Å². The number of ether oxygens (including phenoxy) is 1. The fourth-order valence-electron chi connectivity index (χ4n) is 1.08. The summed E-state index contributed by atoms with van der Waals surface area (Å²) in [6.07, 6.45) is 0.938. The molecule has 0 saturated heterocycles. The first kappa shape index (κ1) is 16.6. The molecule has 0 spiro atoms. The van der Waals surface area contributed by atoms with Gasteiger partial charge in [-0.25, -0.2) is 0 Å². The Kier molecular flexibility index (Phi) is 7.18. The summed E-state index contributed by atoms with van der Waals surface area (Å²) in [6.45, 7) is 0. The van der Waals surface area contributed by atoms with Crippen LogP contribution in [-0.4, -0.2) is 32.3 Å². The fourth-order valence-corrected chi connectivity index (χ4v) is 1.08. The molecule has 0 amide bonds. The molecule has 1 unspecified atom stereocenters. The highest BCUT2D eigenvalue weighted by atomic mass is 32.2. The van der Waals surface area contributed by atoms with Gasteiger partial charge in [0.2, 0.25) is 0 Å². The second-order valence-electron chi connectivity index (χ2n) is 3.53. The maximum atomic E-state index is 10.9. The van der Waals surface area contributed by atoms with E-state index in [1.807, 2.05) is 30.3 Å². The van der Waals surface area contributed by atoms with Crippen LogP contribution in [0, 0.1) is 0 Å². The van der Waals surface area contributed by atoms with Gasteiger partial charge >= 0.3 is 5.97 Å². The molecule has 1 aromatic rings. The van der Waals surface area contributed by atoms with Gasteiger partial charge < -0.3 is 10.5 Å². The van der Waals surface area contributed by atoms with Crippen molar-refractivity contribution in [1.82, 2.24) is 0 Å². The molecular weight excluding hydrogens is 258 g/mol. The Morgan fingerprint density at radius 2 is 1.83 bits per heavy atom. The van der Waals surface area contributed by atoms with Crippen molar-refractivity contribution in [2.75, 3.05) is 13.4 Å². The third-order valence-electron chi connectivity index (χ3n) is 1.84. The molecular formula is C11H17NO5S. The van der Waals surface area contributed by atoms with Crippen molar-refractivity contribution in [2.24, 2.45) is 5.73 Å². The van der Waals surface area contributed by atoms with Gasteiger partial charge in [-0.1, -0.05) is 30.3 Å². The Labute approximate surface area is 107 Å². The predicted octanol–water partition coefficient (Wildman–Crippen LogP) is 0.753. The van der Waals surface area contributed by atoms with Crippen molar-refractivity contribution in [3.63, 3.8) is 0 Å². The third kappa shape index (κ3) is 9.76. The lowest BCUT2D eigenvalue weighted by Crippen LogP contribution is -2.16. The van der Waals surface area contributed by atoms with E-state index in [2.05, 4.69) is 4.74 Å². The van der Waals surface area contributed by atoms with Gasteiger partial charge in [0.05, 0.1) is 19.8 Å². The summed E-state index contributed by atoms with van der Waals surface area (Å²) in [5.41, 5.74) is 6.72. The number of nitrogens with two attached hydrogens (primary N) is 1. The van der Waals surface area contributed by atoms with E-state index in [4.69, 9.17) is 10.3 Å². The number of hydrogen-bond acceptors (Lipinski definition) is 5. The largest absolute Gasteiger partial charge is 0.469 e. The Bertz CT molecular complexity index is 450. The lowest BCUT2D eigenvalue weighted by molar-refractivity contribution is -0.141. The van der Waals surface area contributed by atoms with Crippen LogP contribution in [0.1, 0.15) is 18.0 Å². The van der Waals surface area contributed by atoms with Crippen molar-refractivity contribution in [1.29, 1.82) is 0 Å². The number of methoxy groups -OCH3 is 1. The Morgan fingerprint density at radius 3 is 2.22 bits per heavy atom. The van der Waals surface area contributed by atoms with Crippen molar-refractivity contribution in [3.05, 3.63) is 35.9 Å². The molecule has 1 rings (SSSR count). The van der Waals surface area contributed by atoms with Crippen LogP contribution in [0.4, 0.5) is 0 Å². The summed E-state index contributed by atoms with van der Waals surface area (Å²) < 4.78 is 30.4. The molecule has 0 heterocycles. The van der Waals surface area contributed by atoms with Gasteiger partial charge in [0.1, 0.15) is 0 Å². The molecule has 0 saturated carbocycles. The number of carbonyl (C=O) groups is 1. The molecule has 1 aromatic carbocycles. The molecule has 7 heteroatoms. The van der Waals surface area contributed by atoms with E-state index >= 15 is 0 Å². The Morgan fingerprint density at radius 1 is 1.39 bits per heavy atom. The second-order valence-corrected chi connectivity index (χ2v) is 5.00. The molecule has 0 aliphatic heterocycles. The normalized spacial score (nSPS) is 12.0. The molecule has 0 bridgehead atoms. The van der Waals surface area contributed by atoms with Gasteiger partial charge in [-0.15, -0.1) is 0 Å². The van der Waals surface area contributed by atoms with E-state index in [9.17, 15) is 13.2 Å². The number of esters is 1. The van der Waals surface area contributed by atoms with Crippen LogP contribution in [0.15, 0.2) is 30.3 Å². The van der Waals surface area contributed by atoms with Crippen LogP contribution in [0.3, 0.4) is 0 Å². The first-order chi connectivity index (χ1) is 8.24. The van der Waals surface area contributed by atoms with E-state index in [0.717, 1.165) is 5.56 Å². The topological polar surface area (TPSA) is 107 Å².